The van der Waals surface area contributed by atoms with Gasteiger partial charge in [-0.2, -0.15) is 0 Å². The molecule has 0 bridgehead atoms. The summed E-state index contributed by atoms with van der Waals surface area (Å²) in [4.78, 5) is 10.5. The van der Waals surface area contributed by atoms with Gasteiger partial charge in [-0.25, -0.2) is 9.97 Å². The zero-order chi connectivity index (χ0) is 37.0. The monoisotopic (exact) mass is 715 g/mol. The fraction of sp³-hybridized carbons (Fsp3) is 0. The molecule has 262 valence electrons. The Balaban J connectivity index is 1.12. The van der Waals surface area contributed by atoms with E-state index < -0.39 is 0 Å². The van der Waals surface area contributed by atoms with Crippen molar-refractivity contribution in [2.45, 2.75) is 0 Å². The molecule has 11 rings (SSSR count). The largest absolute Gasteiger partial charge is 0.455 e. The van der Waals surface area contributed by atoms with Gasteiger partial charge < -0.3 is 4.42 Å². The van der Waals surface area contributed by atoms with Crippen LogP contribution in [0.1, 0.15) is 0 Å². The predicted molar refractivity (Wildman–Crippen MR) is 231 cm³/mol. The molecule has 56 heavy (non-hydrogen) atoms. The van der Waals surface area contributed by atoms with Crippen LogP contribution >= 0.6 is 0 Å². The van der Waals surface area contributed by atoms with Crippen LogP contribution in [0.4, 0.5) is 0 Å². The van der Waals surface area contributed by atoms with E-state index in [1.54, 1.807) is 0 Å². The summed E-state index contributed by atoms with van der Waals surface area (Å²) in [6, 6.07) is 70.2. The molecule has 0 radical (unpaired) electrons. The summed E-state index contributed by atoms with van der Waals surface area (Å²) in [5.74, 6) is 1.48. The van der Waals surface area contributed by atoms with Gasteiger partial charge in [0.1, 0.15) is 17.0 Å². The van der Waals surface area contributed by atoms with Crippen molar-refractivity contribution < 1.29 is 4.42 Å². The summed E-state index contributed by atoms with van der Waals surface area (Å²) < 4.78 is 8.80. The molecule has 0 spiro atoms. The number of aromatic nitrogens is 3. The van der Waals surface area contributed by atoms with Gasteiger partial charge in [-0.3, -0.25) is 4.57 Å². The highest BCUT2D eigenvalue weighted by atomic mass is 16.3. The number of para-hydroxylation sites is 4. The van der Waals surface area contributed by atoms with E-state index in [1.165, 1.54) is 10.9 Å². The number of nitrogens with zero attached hydrogens (tertiary/aromatic N) is 3. The second-order valence-corrected chi connectivity index (χ2v) is 14.2. The van der Waals surface area contributed by atoms with Crippen LogP contribution in [-0.2, 0) is 0 Å². The van der Waals surface area contributed by atoms with E-state index >= 15 is 0 Å². The molecule has 0 saturated heterocycles. The summed E-state index contributed by atoms with van der Waals surface area (Å²) in [5, 5.41) is 4.58. The van der Waals surface area contributed by atoms with E-state index in [-0.39, 0.29) is 0 Å². The van der Waals surface area contributed by atoms with Crippen molar-refractivity contribution in [1.29, 1.82) is 0 Å². The van der Waals surface area contributed by atoms with E-state index in [0.29, 0.717) is 5.82 Å². The molecule has 0 fully saturated rings. The van der Waals surface area contributed by atoms with Crippen LogP contribution in [0.3, 0.4) is 0 Å². The van der Waals surface area contributed by atoms with Crippen LogP contribution in [-0.4, -0.2) is 14.5 Å². The summed E-state index contributed by atoms with van der Waals surface area (Å²) in [6.45, 7) is 0. The van der Waals surface area contributed by atoms with Gasteiger partial charge in [0, 0.05) is 49.9 Å². The van der Waals surface area contributed by atoms with E-state index in [4.69, 9.17) is 14.4 Å². The standard InChI is InChI=1S/C52H33N3O/c1-3-14-34(15-4-1)35-28-30-36(31-29-35)46-33-49(54-52(53-46)37-16-5-2-6-17-37)55-47-26-9-7-20-42(47)44-24-12-22-40(50(44)55)38-18-11-19-39(32-38)41-23-13-25-45-43-21-8-10-27-48(43)56-51(41)45/h1-33H. The summed E-state index contributed by atoms with van der Waals surface area (Å²) in [7, 11) is 0. The smallest absolute Gasteiger partial charge is 0.162 e. The third kappa shape index (κ3) is 5.31. The summed E-state index contributed by atoms with van der Waals surface area (Å²) in [6.07, 6.45) is 0. The second kappa shape index (κ2) is 13.1. The van der Waals surface area contributed by atoms with E-state index in [1.807, 2.05) is 36.4 Å². The number of furan rings is 1. The van der Waals surface area contributed by atoms with Crippen LogP contribution in [0.5, 0.6) is 0 Å². The molecule has 4 heteroatoms. The lowest BCUT2D eigenvalue weighted by Gasteiger charge is -2.14. The van der Waals surface area contributed by atoms with Crippen LogP contribution in [0.25, 0.3) is 106 Å². The predicted octanol–water partition coefficient (Wildman–Crippen LogP) is 13.8. The van der Waals surface area contributed by atoms with Gasteiger partial charge in [0.15, 0.2) is 5.82 Å². The highest BCUT2D eigenvalue weighted by Gasteiger charge is 2.20. The van der Waals surface area contributed by atoms with Crippen LogP contribution < -0.4 is 0 Å². The minimum absolute atomic E-state index is 0.676. The maximum absolute atomic E-state index is 6.48. The Morgan fingerprint density at radius 3 is 1.75 bits per heavy atom. The molecule has 0 unspecified atom stereocenters. The van der Waals surface area contributed by atoms with Gasteiger partial charge >= 0.3 is 0 Å². The summed E-state index contributed by atoms with van der Waals surface area (Å²) in [5.41, 5.74) is 13.6. The number of hydrogen-bond acceptors (Lipinski definition) is 3. The topological polar surface area (TPSA) is 43.9 Å². The molecule has 11 aromatic rings. The lowest BCUT2D eigenvalue weighted by Crippen LogP contribution is -2.03. The van der Waals surface area contributed by atoms with Crippen molar-refractivity contribution in [3.05, 3.63) is 200 Å². The Labute approximate surface area is 323 Å². The van der Waals surface area contributed by atoms with Crippen LogP contribution in [0, 0.1) is 0 Å². The number of fused-ring (bicyclic) bond motifs is 6. The molecule has 0 N–H and O–H groups in total. The highest BCUT2D eigenvalue weighted by Crippen LogP contribution is 2.41. The zero-order valence-corrected chi connectivity index (χ0v) is 30.3. The molecular formula is C52H33N3O. The average Bonchev–Trinajstić information content (AvgIpc) is 3.83. The molecule has 0 saturated carbocycles. The number of hydrogen-bond donors (Lipinski definition) is 0. The van der Waals surface area contributed by atoms with Crippen LogP contribution in [0.2, 0.25) is 0 Å². The molecule has 0 aliphatic carbocycles. The quantitative estimate of drug-likeness (QED) is 0.172. The molecule has 0 atom stereocenters. The van der Waals surface area contributed by atoms with Crippen molar-refractivity contribution in [1.82, 2.24) is 14.5 Å². The molecule has 0 aliphatic rings. The SMILES string of the molecule is c1ccc(-c2ccc(-c3cc(-n4c5ccccc5c5cccc(-c6cccc(-c7cccc8c7oc7ccccc78)c6)c54)nc(-c4ccccc4)n3)cc2)cc1. The third-order valence-corrected chi connectivity index (χ3v) is 10.8. The van der Waals surface area contributed by atoms with E-state index in [0.717, 1.165) is 88.8 Å². The Hall–Kier alpha value is -7.56. The first-order valence-electron chi connectivity index (χ1n) is 18.9. The van der Waals surface area contributed by atoms with Gasteiger partial charge in [-0.1, -0.05) is 176 Å². The Morgan fingerprint density at radius 1 is 0.375 bits per heavy atom. The van der Waals surface area contributed by atoms with Gasteiger partial charge in [0.2, 0.25) is 0 Å². The number of benzene rings is 8. The molecular weight excluding hydrogens is 683 g/mol. The van der Waals surface area contributed by atoms with Gasteiger partial charge in [-0.15, -0.1) is 0 Å². The minimum Gasteiger partial charge on any atom is -0.455 e. The van der Waals surface area contributed by atoms with Crippen LogP contribution in [0.15, 0.2) is 205 Å². The van der Waals surface area contributed by atoms with Crippen molar-refractivity contribution in [2.24, 2.45) is 0 Å². The lowest BCUT2D eigenvalue weighted by atomic mass is 9.96. The second-order valence-electron chi connectivity index (χ2n) is 14.2. The van der Waals surface area contributed by atoms with Crippen molar-refractivity contribution >= 4 is 43.7 Å². The first-order valence-corrected chi connectivity index (χ1v) is 18.9. The number of rotatable bonds is 6. The minimum atomic E-state index is 0.676. The van der Waals surface area contributed by atoms with Crippen molar-refractivity contribution in [3.8, 4) is 61.8 Å². The lowest BCUT2D eigenvalue weighted by molar-refractivity contribution is 0.670. The first kappa shape index (κ1) is 31.9. The third-order valence-electron chi connectivity index (χ3n) is 10.8. The molecule has 8 aromatic carbocycles. The maximum atomic E-state index is 6.48. The Morgan fingerprint density at radius 2 is 0.946 bits per heavy atom. The Bertz CT molecular complexity index is 3230. The fourth-order valence-electron chi connectivity index (χ4n) is 8.20. The van der Waals surface area contributed by atoms with E-state index in [9.17, 15) is 0 Å². The average molecular weight is 716 g/mol. The maximum Gasteiger partial charge on any atom is 0.162 e. The first-order chi connectivity index (χ1) is 27.8. The molecule has 0 amide bonds. The highest BCUT2D eigenvalue weighted by molar-refractivity contribution is 6.14. The van der Waals surface area contributed by atoms with Crippen molar-refractivity contribution in [2.75, 3.05) is 0 Å². The molecule has 3 aromatic heterocycles. The van der Waals surface area contributed by atoms with Crippen molar-refractivity contribution in [3.63, 3.8) is 0 Å². The van der Waals surface area contributed by atoms with Gasteiger partial charge in [0.05, 0.1) is 16.7 Å². The van der Waals surface area contributed by atoms with Gasteiger partial charge in [0.25, 0.3) is 0 Å². The van der Waals surface area contributed by atoms with Gasteiger partial charge in [-0.05, 0) is 40.5 Å². The summed E-state index contributed by atoms with van der Waals surface area (Å²) >= 11 is 0. The Kier molecular flexibility index (Phi) is 7.46. The zero-order valence-electron chi connectivity index (χ0n) is 30.3. The molecule has 0 aliphatic heterocycles. The van der Waals surface area contributed by atoms with E-state index in [2.05, 4.69) is 168 Å². The fourth-order valence-corrected chi connectivity index (χ4v) is 8.20. The molecule has 4 nitrogen and oxygen atoms in total. The molecule has 3 heterocycles. The normalized spacial score (nSPS) is 11.6.